The summed E-state index contributed by atoms with van der Waals surface area (Å²) in [5, 5.41) is 21.7. The highest BCUT2D eigenvalue weighted by atomic mass is 35.5. The highest BCUT2D eigenvalue weighted by Gasteiger charge is 2.45. The van der Waals surface area contributed by atoms with E-state index in [0.717, 1.165) is 5.56 Å². The molecule has 1 unspecified atom stereocenters. The van der Waals surface area contributed by atoms with E-state index in [2.05, 4.69) is 0 Å². The minimum absolute atomic E-state index is 0.000578. The molecule has 0 bridgehead atoms. The van der Waals surface area contributed by atoms with Crippen LogP contribution in [-0.2, 0) is 16.0 Å². The second kappa shape index (κ2) is 4.62. The molecule has 7 heteroatoms. The average molecular weight is 285 g/mol. The summed E-state index contributed by atoms with van der Waals surface area (Å²) in [4.78, 5) is 21.8. The first-order valence-corrected chi connectivity index (χ1v) is 5.86. The molecule has 1 atom stereocenters. The van der Waals surface area contributed by atoms with E-state index in [1.165, 1.54) is 12.1 Å². The third-order valence-corrected chi connectivity index (χ3v) is 2.72. The van der Waals surface area contributed by atoms with E-state index in [1.807, 2.05) is 0 Å². The molecule has 0 fully saturated rings. The van der Waals surface area contributed by atoms with Gasteiger partial charge in [0.2, 0.25) is 0 Å². The van der Waals surface area contributed by atoms with Gasteiger partial charge in [-0.1, -0.05) is 6.07 Å². The van der Waals surface area contributed by atoms with Gasteiger partial charge in [0.05, 0.1) is 0 Å². The predicted molar refractivity (Wildman–Crippen MR) is 59.5 cm³/mol. The predicted octanol–water partition coefficient (Wildman–Crippen LogP) is -1.18. The molecule has 0 spiro atoms. The first-order valence-electron chi connectivity index (χ1n) is 5.43. The van der Waals surface area contributed by atoms with Gasteiger partial charge in [0.1, 0.15) is 11.9 Å². The third-order valence-electron chi connectivity index (χ3n) is 2.57. The number of halogens is 1. The highest BCUT2D eigenvalue weighted by Crippen LogP contribution is 2.40. The first-order chi connectivity index (χ1) is 8.85. The summed E-state index contributed by atoms with van der Waals surface area (Å²) >= 11 is 5.84. The molecule has 102 valence electrons. The number of carbonyl (C=O) groups excluding carboxylic acids is 2. The Morgan fingerprint density at radius 3 is 2.37 bits per heavy atom. The lowest BCUT2D eigenvalue weighted by atomic mass is 10.1. The summed E-state index contributed by atoms with van der Waals surface area (Å²) in [5.74, 6) is -7.00. The molecule has 1 heterocycles. The Morgan fingerprint density at radius 2 is 1.84 bits per heavy atom. The maximum Gasteiger partial charge on any atom is 0.335 e. The van der Waals surface area contributed by atoms with Crippen molar-refractivity contribution in [3.8, 4) is 11.5 Å². The van der Waals surface area contributed by atoms with Gasteiger partial charge in [-0.2, -0.15) is 0 Å². The summed E-state index contributed by atoms with van der Waals surface area (Å²) < 4.78 is 9.65. The van der Waals surface area contributed by atoms with Gasteiger partial charge in [-0.3, -0.25) is 0 Å². The monoisotopic (exact) mass is 284 g/mol. The number of rotatable bonds is 4. The van der Waals surface area contributed by atoms with Crippen molar-refractivity contribution in [2.24, 2.45) is 0 Å². The number of fused-ring (bicyclic) bond motifs is 1. The van der Waals surface area contributed by atoms with Crippen LogP contribution in [0.4, 0.5) is 0 Å². The van der Waals surface area contributed by atoms with E-state index in [4.69, 9.17) is 21.1 Å². The molecule has 2 rings (SSSR count). The van der Waals surface area contributed by atoms with Crippen LogP contribution in [0.3, 0.4) is 0 Å². The molecule has 6 nitrogen and oxygen atoms in total. The second-order valence-corrected chi connectivity index (χ2v) is 4.91. The Bertz CT molecular complexity index is 525. The zero-order valence-corrected chi connectivity index (χ0v) is 10.6. The van der Waals surface area contributed by atoms with Gasteiger partial charge in [-0.15, -0.1) is 11.6 Å². The quantitative estimate of drug-likeness (QED) is 0.510. The molecule has 0 aliphatic carbocycles. The van der Waals surface area contributed by atoms with Crippen molar-refractivity contribution in [2.75, 3.05) is 0 Å². The fraction of sp³-hybridized carbons (Fsp3) is 0.333. The molecule has 0 radical (unpaired) electrons. The smallest absolute Gasteiger partial charge is 0.335 e. The van der Waals surface area contributed by atoms with Crippen molar-refractivity contribution in [3.05, 3.63) is 23.8 Å². The Balaban J connectivity index is 2.34. The van der Waals surface area contributed by atoms with Gasteiger partial charge in [0.15, 0.2) is 11.5 Å². The van der Waals surface area contributed by atoms with Gasteiger partial charge in [-0.05, 0) is 31.0 Å². The maximum absolute atomic E-state index is 10.9. The lowest BCUT2D eigenvalue weighted by Gasteiger charge is -2.28. The van der Waals surface area contributed by atoms with Crippen LogP contribution in [0.25, 0.3) is 0 Å². The summed E-state index contributed by atoms with van der Waals surface area (Å²) in [6.07, 6.45) is 0.516. The number of aliphatic carboxylic acids is 2. The number of carboxylic acid groups (broad SMARTS) is 2. The van der Waals surface area contributed by atoms with Gasteiger partial charge >= 0.3 is 5.79 Å². The molecule has 0 saturated heterocycles. The Morgan fingerprint density at radius 1 is 1.26 bits per heavy atom. The lowest BCUT2D eigenvalue weighted by molar-refractivity contribution is -0.362. The molecule has 0 saturated carbocycles. The number of hydrogen-bond acceptors (Lipinski definition) is 6. The first kappa shape index (κ1) is 13.5. The SMILES string of the molecule is CC(Cl)Cc1ccc2c(c1)OC(C(=O)[O-])(C(=O)[O-])O2. The van der Waals surface area contributed by atoms with Crippen LogP contribution in [0.2, 0.25) is 0 Å². The number of carbonyl (C=O) groups is 2. The zero-order chi connectivity index (χ0) is 14.2. The summed E-state index contributed by atoms with van der Waals surface area (Å²) in [6, 6.07) is 4.53. The molecule has 1 aromatic rings. The fourth-order valence-corrected chi connectivity index (χ4v) is 1.93. The van der Waals surface area contributed by atoms with Crippen molar-refractivity contribution in [2.45, 2.75) is 24.5 Å². The maximum atomic E-state index is 10.9. The van der Waals surface area contributed by atoms with Crippen LogP contribution in [-0.4, -0.2) is 23.1 Å². The molecule has 0 N–H and O–H groups in total. The standard InChI is InChI=1S/C12H11ClO6/c1-6(13)4-7-2-3-8-9(5-7)19-12(18-8,10(14)15)11(16)17/h2-3,5-6H,4H2,1H3,(H,14,15)(H,16,17)/p-2. The molecular formula is C12H9ClO6-2. The van der Waals surface area contributed by atoms with Crippen molar-refractivity contribution >= 4 is 23.5 Å². The van der Waals surface area contributed by atoms with Crippen LogP contribution in [0.1, 0.15) is 12.5 Å². The molecule has 1 aromatic carbocycles. The fourth-order valence-electron chi connectivity index (χ4n) is 1.75. The summed E-state index contributed by atoms with van der Waals surface area (Å²) in [7, 11) is 0. The van der Waals surface area contributed by atoms with Crippen LogP contribution < -0.4 is 19.7 Å². The molecule has 0 aromatic heterocycles. The Hall–Kier alpha value is -1.95. The van der Waals surface area contributed by atoms with Crippen LogP contribution >= 0.6 is 11.6 Å². The van der Waals surface area contributed by atoms with Crippen LogP contribution in [0.5, 0.6) is 11.5 Å². The van der Waals surface area contributed by atoms with E-state index < -0.39 is 17.7 Å². The van der Waals surface area contributed by atoms with Crippen molar-refractivity contribution in [1.82, 2.24) is 0 Å². The largest absolute Gasteiger partial charge is 0.542 e. The van der Waals surface area contributed by atoms with Crippen molar-refractivity contribution < 1.29 is 29.3 Å². The minimum atomic E-state index is -2.94. The van der Waals surface area contributed by atoms with E-state index in [1.54, 1.807) is 13.0 Å². The van der Waals surface area contributed by atoms with Gasteiger partial charge in [0, 0.05) is 5.38 Å². The minimum Gasteiger partial charge on any atom is -0.542 e. The number of carboxylic acids is 2. The third kappa shape index (κ3) is 2.31. The molecule has 19 heavy (non-hydrogen) atoms. The van der Waals surface area contributed by atoms with Gasteiger partial charge in [-0.25, -0.2) is 0 Å². The summed E-state index contributed by atoms with van der Waals surface area (Å²) in [6.45, 7) is 1.79. The highest BCUT2D eigenvalue weighted by molar-refractivity contribution is 6.20. The summed E-state index contributed by atoms with van der Waals surface area (Å²) in [5.41, 5.74) is 0.761. The Kier molecular flexibility index (Phi) is 3.28. The van der Waals surface area contributed by atoms with E-state index in [0.29, 0.717) is 6.42 Å². The lowest BCUT2D eigenvalue weighted by Crippen LogP contribution is -2.64. The van der Waals surface area contributed by atoms with E-state index >= 15 is 0 Å². The van der Waals surface area contributed by atoms with Crippen molar-refractivity contribution in [3.63, 3.8) is 0 Å². The number of alkyl halides is 1. The molecular weight excluding hydrogens is 276 g/mol. The molecule has 1 aliphatic rings. The van der Waals surface area contributed by atoms with Crippen molar-refractivity contribution in [1.29, 1.82) is 0 Å². The Labute approximate surface area is 113 Å². The number of hydrogen-bond donors (Lipinski definition) is 0. The molecule has 1 aliphatic heterocycles. The van der Waals surface area contributed by atoms with E-state index in [9.17, 15) is 19.8 Å². The van der Waals surface area contributed by atoms with Gasteiger partial charge < -0.3 is 29.3 Å². The zero-order valence-electron chi connectivity index (χ0n) is 9.84. The second-order valence-electron chi connectivity index (χ2n) is 4.16. The number of benzene rings is 1. The van der Waals surface area contributed by atoms with Crippen LogP contribution in [0, 0.1) is 0 Å². The normalized spacial score (nSPS) is 16.9. The number of ether oxygens (including phenoxy) is 2. The molecule has 0 amide bonds. The van der Waals surface area contributed by atoms with Gasteiger partial charge in [0.25, 0.3) is 0 Å². The average Bonchev–Trinajstić information content (AvgIpc) is 2.68. The van der Waals surface area contributed by atoms with E-state index in [-0.39, 0.29) is 16.9 Å². The van der Waals surface area contributed by atoms with Crippen LogP contribution in [0.15, 0.2) is 18.2 Å². The topological polar surface area (TPSA) is 98.7 Å².